The average molecular weight is 278 g/mol. The minimum atomic E-state index is 0.287. The zero-order chi connectivity index (χ0) is 11.3. The van der Waals surface area contributed by atoms with Crippen LogP contribution in [0.25, 0.3) is 0 Å². The molecule has 0 spiro atoms. The summed E-state index contributed by atoms with van der Waals surface area (Å²) in [5, 5.41) is 10.2. The molecule has 0 unspecified atom stereocenters. The lowest BCUT2D eigenvalue weighted by molar-refractivity contribution is 0.123. The monoisotopic (exact) mass is 277 g/mol. The first-order chi connectivity index (χ1) is 7.21. The number of rotatable bonds is 8. The molecule has 0 radical (unpaired) electrons. The molecule has 1 saturated carbocycles. The first-order valence-electron chi connectivity index (χ1n) is 6.12. The number of alkyl halides is 1. The molecule has 3 heteroatoms. The van der Waals surface area contributed by atoms with Gasteiger partial charge in [0.05, 0.1) is 6.61 Å². The third-order valence-corrected chi connectivity index (χ3v) is 4.81. The summed E-state index contributed by atoms with van der Waals surface area (Å²) in [5.41, 5.74) is 0.526. The van der Waals surface area contributed by atoms with Gasteiger partial charge >= 0.3 is 0 Å². The summed E-state index contributed by atoms with van der Waals surface area (Å²) in [6, 6.07) is 0.647. The SMILES string of the molecule is CCC(CC)N(CCO)CC1(CBr)CC1. The van der Waals surface area contributed by atoms with Crippen LogP contribution >= 0.6 is 15.9 Å². The molecule has 1 N–H and O–H groups in total. The molecule has 1 rings (SSSR count). The van der Waals surface area contributed by atoms with Crippen molar-refractivity contribution in [3.8, 4) is 0 Å². The van der Waals surface area contributed by atoms with Crippen molar-refractivity contribution in [2.24, 2.45) is 5.41 Å². The molecular formula is C12H24BrNO. The fourth-order valence-corrected chi connectivity index (χ4v) is 3.00. The molecule has 0 atom stereocenters. The Kier molecular flexibility index (Phi) is 5.58. The summed E-state index contributed by atoms with van der Waals surface area (Å²) in [7, 11) is 0. The predicted molar refractivity (Wildman–Crippen MR) is 68.5 cm³/mol. The molecule has 0 aromatic rings. The first-order valence-corrected chi connectivity index (χ1v) is 7.24. The summed E-state index contributed by atoms with van der Waals surface area (Å²) < 4.78 is 0. The minimum absolute atomic E-state index is 0.287. The van der Waals surface area contributed by atoms with E-state index in [0.29, 0.717) is 11.5 Å². The smallest absolute Gasteiger partial charge is 0.0558 e. The minimum Gasteiger partial charge on any atom is -0.395 e. The molecule has 0 aromatic carbocycles. The van der Waals surface area contributed by atoms with E-state index >= 15 is 0 Å². The lowest BCUT2D eigenvalue weighted by Crippen LogP contribution is -2.41. The molecule has 1 aliphatic rings. The second-order valence-corrected chi connectivity index (χ2v) is 5.36. The van der Waals surface area contributed by atoms with E-state index in [1.807, 2.05) is 0 Å². The Morgan fingerprint density at radius 3 is 2.27 bits per heavy atom. The van der Waals surface area contributed by atoms with Crippen molar-refractivity contribution < 1.29 is 5.11 Å². The zero-order valence-corrected chi connectivity index (χ0v) is 11.6. The van der Waals surface area contributed by atoms with Crippen LogP contribution in [0.5, 0.6) is 0 Å². The molecule has 0 saturated heterocycles. The van der Waals surface area contributed by atoms with E-state index in [9.17, 15) is 0 Å². The van der Waals surface area contributed by atoms with E-state index < -0.39 is 0 Å². The van der Waals surface area contributed by atoms with Crippen LogP contribution in [0.2, 0.25) is 0 Å². The van der Waals surface area contributed by atoms with Crippen molar-refractivity contribution in [2.45, 2.75) is 45.6 Å². The maximum Gasteiger partial charge on any atom is 0.0558 e. The van der Waals surface area contributed by atoms with Crippen molar-refractivity contribution in [1.82, 2.24) is 4.90 Å². The lowest BCUT2D eigenvalue weighted by atomic mass is 10.1. The Morgan fingerprint density at radius 1 is 1.33 bits per heavy atom. The second-order valence-electron chi connectivity index (χ2n) is 4.80. The van der Waals surface area contributed by atoms with E-state index in [-0.39, 0.29) is 6.61 Å². The van der Waals surface area contributed by atoms with E-state index in [0.717, 1.165) is 18.4 Å². The normalized spacial score (nSPS) is 18.8. The zero-order valence-electron chi connectivity index (χ0n) is 10.0. The number of hydrogen-bond acceptors (Lipinski definition) is 2. The van der Waals surface area contributed by atoms with Gasteiger partial charge in [0.15, 0.2) is 0 Å². The number of aliphatic hydroxyl groups excluding tert-OH is 1. The van der Waals surface area contributed by atoms with Gasteiger partial charge in [0, 0.05) is 24.5 Å². The standard InChI is InChI=1S/C12H24BrNO/c1-3-11(4-2)14(7-8-15)10-12(9-13)5-6-12/h11,15H,3-10H2,1-2H3. The highest BCUT2D eigenvalue weighted by Gasteiger charge is 2.43. The third-order valence-electron chi connectivity index (χ3n) is 3.63. The lowest BCUT2D eigenvalue weighted by Gasteiger charge is -2.32. The van der Waals surface area contributed by atoms with Crippen LogP contribution < -0.4 is 0 Å². The summed E-state index contributed by atoms with van der Waals surface area (Å²) in [4.78, 5) is 2.48. The quantitative estimate of drug-likeness (QED) is 0.690. The molecule has 0 aliphatic heterocycles. The van der Waals surface area contributed by atoms with E-state index in [1.54, 1.807) is 0 Å². The van der Waals surface area contributed by atoms with Gasteiger partial charge in [0.2, 0.25) is 0 Å². The Balaban J connectivity index is 2.49. The number of aliphatic hydroxyl groups is 1. The third kappa shape index (κ3) is 3.72. The average Bonchev–Trinajstić information content (AvgIpc) is 3.01. The topological polar surface area (TPSA) is 23.5 Å². The van der Waals surface area contributed by atoms with Crippen molar-refractivity contribution in [2.75, 3.05) is 25.0 Å². The van der Waals surface area contributed by atoms with E-state index in [1.165, 1.54) is 25.7 Å². The van der Waals surface area contributed by atoms with Crippen LogP contribution in [-0.4, -0.2) is 41.1 Å². The molecule has 0 bridgehead atoms. The van der Waals surface area contributed by atoms with E-state index in [4.69, 9.17) is 5.11 Å². The fraction of sp³-hybridized carbons (Fsp3) is 1.00. The molecule has 1 fully saturated rings. The largest absolute Gasteiger partial charge is 0.395 e. The van der Waals surface area contributed by atoms with Crippen LogP contribution in [0.15, 0.2) is 0 Å². The van der Waals surface area contributed by atoms with Gasteiger partial charge in [0.1, 0.15) is 0 Å². The highest BCUT2D eigenvalue weighted by molar-refractivity contribution is 9.09. The van der Waals surface area contributed by atoms with Crippen molar-refractivity contribution >= 4 is 15.9 Å². The molecule has 0 aromatic heterocycles. The Morgan fingerprint density at radius 2 is 1.93 bits per heavy atom. The van der Waals surface area contributed by atoms with Crippen molar-refractivity contribution in [1.29, 1.82) is 0 Å². The first kappa shape index (κ1) is 13.5. The van der Waals surface area contributed by atoms with Gasteiger partial charge in [-0.3, -0.25) is 4.90 Å². The number of nitrogens with zero attached hydrogens (tertiary/aromatic N) is 1. The van der Waals surface area contributed by atoms with Gasteiger partial charge in [0.25, 0.3) is 0 Å². The molecule has 0 heterocycles. The molecule has 15 heavy (non-hydrogen) atoms. The Bertz CT molecular complexity index is 178. The van der Waals surface area contributed by atoms with Gasteiger partial charge < -0.3 is 5.11 Å². The number of halogens is 1. The highest BCUT2D eigenvalue weighted by atomic mass is 79.9. The van der Waals surface area contributed by atoms with Crippen LogP contribution in [0, 0.1) is 5.41 Å². The predicted octanol–water partition coefficient (Wildman–Crippen LogP) is 2.64. The Hall–Kier alpha value is 0.400. The molecular weight excluding hydrogens is 254 g/mol. The molecule has 2 nitrogen and oxygen atoms in total. The van der Waals surface area contributed by atoms with Gasteiger partial charge in [-0.1, -0.05) is 29.8 Å². The maximum atomic E-state index is 9.11. The van der Waals surface area contributed by atoms with Crippen molar-refractivity contribution in [3.05, 3.63) is 0 Å². The summed E-state index contributed by atoms with van der Waals surface area (Å²) in [6.45, 7) is 6.76. The van der Waals surface area contributed by atoms with Gasteiger partial charge in [-0.25, -0.2) is 0 Å². The summed E-state index contributed by atoms with van der Waals surface area (Å²) in [6.07, 6.45) is 5.07. The van der Waals surface area contributed by atoms with Crippen LogP contribution in [0.4, 0.5) is 0 Å². The molecule has 1 aliphatic carbocycles. The van der Waals surface area contributed by atoms with Gasteiger partial charge in [-0.2, -0.15) is 0 Å². The highest BCUT2D eigenvalue weighted by Crippen LogP contribution is 2.48. The Labute approximate surface area is 102 Å². The van der Waals surface area contributed by atoms with Crippen LogP contribution in [-0.2, 0) is 0 Å². The number of hydrogen-bond donors (Lipinski definition) is 1. The van der Waals surface area contributed by atoms with Crippen LogP contribution in [0.3, 0.4) is 0 Å². The summed E-state index contributed by atoms with van der Waals surface area (Å²) in [5.74, 6) is 0. The molecule has 90 valence electrons. The van der Waals surface area contributed by atoms with E-state index in [2.05, 4.69) is 34.7 Å². The summed E-state index contributed by atoms with van der Waals surface area (Å²) >= 11 is 3.62. The van der Waals surface area contributed by atoms with Crippen LogP contribution in [0.1, 0.15) is 39.5 Å². The second kappa shape index (κ2) is 6.21. The maximum absolute atomic E-state index is 9.11. The molecule has 0 amide bonds. The fourth-order valence-electron chi connectivity index (χ4n) is 2.27. The van der Waals surface area contributed by atoms with Gasteiger partial charge in [-0.05, 0) is 31.1 Å². The van der Waals surface area contributed by atoms with Gasteiger partial charge in [-0.15, -0.1) is 0 Å². The van der Waals surface area contributed by atoms with Crippen molar-refractivity contribution in [3.63, 3.8) is 0 Å².